The van der Waals surface area contributed by atoms with E-state index < -0.39 is 22.4 Å². The first-order valence-corrected chi connectivity index (χ1v) is 12.1. The van der Waals surface area contributed by atoms with Crippen LogP contribution in [-0.2, 0) is 25.6 Å². The molecule has 2 amide bonds. The molecule has 11 heteroatoms. The second-order valence-electron chi connectivity index (χ2n) is 9.63. The van der Waals surface area contributed by atoms with Gasteiger partial charge in [-0.3, -0.25) is 29.3 Å². The fourth-order valence-electron chi connectivity index (χ4n) is 4.12. The quantitative estimate of drug-likeness (QED) is 0.128. The van der Waals surface area contributed by atoms with Crippen molar-refractivity contribution in [1.82, 2.24) is 0 Å². The number of hydrogen-bond acceptors (Lipinski definition) is 8. The van der Waals surface area contributed by atoms with Crippen LogP contribution in [0, 0.1) is 10.1 Å². The molecule has 11 nitrogen and oxygen atoms in total. The van der Waals surface area contributed by atoms with Crippen molar-refractivity contribution in [3.63, 3.8) is 0 Å². The first-order valence-electron chi connectivity index (χ1n) is 12.1. The number of nitrogens with one attached hydrogen (secondary N) is 1. The molecule has 1 N–H and O–H groups in total. The highest BCUT2D eigenvalue weighted by Crippen LogP contribution is 2.37. The van der Waals surface area contributed by atoms with E-state index in [-0.39, 0.29) is 30.2 Å². The van der Waals surface area contributed by atoms with Gasteiger partial charge in [-0.15, -0.1) is 0 Å². The molecule has 0 aliphatic heterocycles. The number of non-ortho nitro benzene ring substituents is 1. The Kier molecular flexibility index (Phi) is 7.63. The lowest BCUT2D eigenvalue weighted by atomic mass is 9.98. The summed E-state index contributed by atoms with van der Waals surface area (Å²) in [5.74, 6) is -1.25. The van der Waals surface area contributed by atoms with Crippen molar-refractivity contribution in [1.29, 1.82) is 0 Å². The molecule has 202 valence electrons. The van der Waals surface area contributed by atoms with Crippen LogP contribution in [0.25, 0.3) is 21.7 Å². The summed E-state index contributed by atoms with van der Waals surface area (Å²) in [4.78, 5) is 54.4. The standard InChI is InChI=1S/C28H27N3O8/c1-5-37-26(33)14-21-19-8-6-7-9-20(19)23(30(16-32)39-28(2,3)4)15-22(21)29-27(34)25-13-17-12-18(31(35)36)10-11-24(17)38-25/h6-13,15-16H,5,14H2,1-4H3,(H,29,34). The predicted molar refractivity (Wildman–Crippen MR) is 144 cm³/mol. The third-order valence-corrected chi connectivity index (χ3v) is 5.65. The molecule has 39 heavy (non-hydrogen) atoms. The molecule has 1 heterocycles. The van der Waals surface area contributed by atoms with E-state index in [0.717, 1.165) is 5.06 Å². The van der Waals surface area contributed by atoms with E-state index in [0.29, 0.717) is 39.4 Å². The van der Waals surface area contributed by atoms with Crippen molar-refractivity contribution >= 4 is 57.1 Å². The Hall–Kier alpha value is -4.77. The molecular formula is C28H27N3O8. The topological polar surface area (TPSA) is 141 Å². The molecule has 0 atom stereocenters. The smallest absolute Gasteiger partial charge is 0.310 e. The summed E-state index contributed by atoms with van der Waals surface area (Å²) >= 11 is 0. The molecule has 0 bridgehead atoms. The first-order chi connectivity index (χ1) is 18.5. The number of carbonyl (C=O) groups excluding carboxylic acids is 3. The zero-order valence-electron chi connectivity index (χ0n) is 21.8. The molecule has 0 radical (unpaired) electrons. The molecule has 0 saturated heterocycles. The van der Waals surface area contributed by atoms with E-state index in [1.165, 1.54) is 24.3 Å². The number of furan rings is 1. The molecule has 0 fully saturated rings. The molecule has 0 unspecified atom stereocenters. The Balaban J connectivity index is 1.83. The number of nitrogens with zero attached hydrogens (tertiary/aromatic N) is 2. The average molecular weight is 534 g/mol. The third-order valence-electron chi connectivity index (χ3n) is 5.65. The number of nitro groups is 1. The van der Waals surface area contributed by atoms with E-state index >= 15 is 0 Å². The van der Waals surface area contributed by atoms with Gasteiger partial charge in [0.2, 0.25) is 6.41 Å². The predicted octanol–water partition coefficient (Wildman–Crippen LogP) is 5.55. The Morgan fingerprint density at radius 1 is 1.10 bits per heavy atom. The number of anilines is 2. The molecular weight excluding hydrogens is 506 g/mol. The van der Waals surface area contributed by atoms with Crippen molar-refractivity contribution in [2.75, 3.05) is 17.0 Å². The summed E-state index contributed by atoms with van der Waals surface area (Å²) in [6, 6.07) is 14.0. The Bertz CT molecular complexity index is 1590. The average Bonchev–Trinajstić information content (AvgIpc) is 3.32. The number of amides is 2. The highest BCUT2D eigenvalue weighted by atomic mass is 16.7. The number of hydroxylamine groups is 1. The Morgan fingerprint density at radius 2 is 1.82 bits per heavy atom. The van der Waals surface area contributed by atoms with E-state index in [1.807, 2.05) is 0 Å². The van der Waals surface area contributed by atoms with Crippen LogP contribution in [0.4, 0.5) is 17.1 Å². The maximum absolute atomic E-state index is 13.3. The van der Waals surface area contributed by atoms with Crippen LogP contribution in [0.2, 0.25) is 0 Å². The van der Waals surface area contributed by atoms with Gasteiger partial charge in [0.1, 0.15) is 5.58 Å². The van der Waals surface area contributed by atoms with Crippen LogP contribution in [0.15, 0.2) is 59.0 Å². The number of fused-ring (bicyclic) bond motifs is 2. The number of esters is 1. The maximum Gasteiger partial charge on any atom is 0.310 e. The van der Waals surface area contributed by atoms with E-state index in [1.54, 1.807) is 58.0 Å². The lowest BCUT2D eigenvalue weighted by Crippen LogP contribution is -2.33. The summed E-state index contributed by atoms with van der Waals surface area (Å²) in [7, 11) is 0. The molecule has 3 aromatic carbocycles. The lowest BCUT2D eigenvalue weighted by molar-refractivity contribution is -0.384. The molecule has 4 aromatic rings. The molecule has 0 aliphatic rings. The van der Waals surface area contributed by atoms with Crippen molar-refractivity contribution in [3.8, 4) is 0 Å². The van der Waals surface area contributed by atoms with Gasteiger partial charge < -0.3 is 14.5 Å². The van der Waals surface area contributed by atoms with Crippen molar-refractivity contribution in [2.45, 2.75) is 39.7 Å². The van der Waals surface area contributed by atoms with E-state index in [9.17, 15) is 24.5 Å². The van der Waals surface area contributed by atoms with Crippen molar-refractivity contribution in [3.05, 3.63) is 76.0 Å². The summed E-state index contributed by atoms with van der Waals surface area (Å²) in [5.41, 5.74) is 0.485. The molecule has 0 spiro atoms. The maximum atomic E-state index is 13.3. The number of nitro benzene ring substituents is 1. The monoisotopic (exact) mass is 533 g/mol. The minimum absolute atomic E-state index is 0.0968. The number of benzene rings is 3. The normalized spacial score (nSPS) is 11.4. The zero-order valence-corrected chi connectivity index (χ0v) is 21.8. The van der Waals surface area contributed by atoms with Gasteiger partial charge in [0.05, 0.1) is 29.2 Å². The minimum atomic E-state index is -0.716. The van der Waals surface area contributed by atoms with Crippen LogP contribution in [0.3, 0.4) is 0 Å². The summed E-state index contributed by atoms with van der Waals surface area (Å²) in [5, 5.41) is 16.6. The van der Waals surface area contributed by atoms with Gasteiger partial charge in [0.25, 0.3) is 11.6 Å². The summed E-state index contributed by atoms with van der Waals surface area (Å²) in [6.07, 6.45) is 0.369. The van der Waals surface area contributed by atoms with Crippen LogP contribution in [-0.4, -0.2) is 35.4 Å². The fourth-order valence-corrected chi connectivity index (χ4v) is 4.12. The van der Waals surface area contributed by atoms with Crippen molar-refractivity contribution in [2.24, 2.45) is 0 Å². The van der Waals surface area contributed by atoms with Crippen LogP contribution in [0.1, 0.15) is 43.8 Å². The Labute approximate surface area is 223 Å². The van der Waals surface area contributed by atoms with Gasteiger partial charge in [0.15, 0.2) is 5.76 Å². The Morgan fingerprint density at radius 3 is 2.46 bits per heavy atom. The van der Waals surface area contributed by atoms with Crippen LogP contribution in [0.5, 0.6) is 0 Å². The number of rotatable bonds is 9. The largest absolute Gasteiger partial charge is 0.466 e. The second-order valence-corrected chi connectivity index (χ2v) is 9.63. The number of carbonyl (C=O) groups is 3. The van der Waals surface area contributed by atoms with Crippen molar-refractivity contribution < 1.29 is 33.3 Å². The van der Waals surface area contributed by atoms with Gasteiger partial charge in [-0.2, -0.15) is 5.06 Å². The summed E-state index contributed by atoms with van der Waals surface area (Å²) in [6.45, 7) is 7.24. The van der Waals surface area contributed by atoms with Gasteiger partial charge in [-0.1, -0.05) is 24.3 Å². The van der Waals surface area contributed by atoms with Gasteiger partial charge in [-0.25, -0.2) is 0 Å². The van der Waals surface area contributed by atoms with Gasteiger partial charge in [-0.05, 0) is 56.8 Å². The zero-order chi connectivity index (χ0) is 28.3. The number of ether oxygens (including phenoxy) is 1. The molecule has 1 aromatic heterocycles. The fraction of sp³-hybridized carbons (Fsp3) is 0.250. The molecule has 4 rings (SSSR count). The SMILES string of the molecule is CCOC(=O)Cc1c(NC(=O)c2cc3cc([N+](=O)[O-])ccc3o2)cc(N(C=O)OC(C)(C)C)c2ccccc12. The molecule has 0 aliphatic carbocycles. The summed E-state index contributed by atoms with van der Waals surface area (Å²) < 4.78 is 10.8. The molecule has 0 saturated carbocycles. The second kappa shape index (κ2) is 10.9. The minimum Gasteiger partial charge on any atom is -0.466 e. The van der Waals surface area contributed by atoms with E-state index in [4.69, 9.17) is 14.0 Å². The van der Waals surface area contributed by atoms with E-state index in [2.05, 4.69) is 5.32 Å². The number of hydrogen-bond donors (Lipinski definition) is 1. The van der Waals surface area contributed by atoms with Crippen LogP contribution < -0.4 is 10.4 Å². The lowest BCUT2D eigenvalue weighted by Gasteiger charge is -2.28. The first kappa shape index (κ1) is 27.3. The van der Waals surface area contributed by atoms with Gasteiger partial charge in [0, 0.05) is 28.6 Å². The van der Waals surface area contributed by atoms with Crippen LogP contribution >= 0.6 is 0 Å². The highest BCUT2D eigenvalue weighted by Gasteiger charge is 2.24. The third kappa shape index (κ3) is 6.04. The van der Waals surface area contributed by atoms with Gasteiger partial charge >= 0.3 is 5.97 Å². The highest BCUT2D eigenvalue weighted by molar-refractivity contribution is 6.10.